The Morgan fingerprint density at radius 3 is 2.77 bits per heavy atom. The van der Waals surface area contributed by atoms with E-state index in [1.54, 1.807) is 7.05 Å². The molecular weight excluding hydrogens is 465 g/mol. The fourth-order valence-electron chi connectivity index (χ4n) is 2.80. The van der Waals surface area contributed by atoms with E-state index in [1.807, 2.05) is 18.2 Å². The summed E-state index contributed by atoms with van der Waals surface area (Å²) in [4.78, 5) is 4.28. The molecule has 7 heteroatoms. The Kier molecular flexibility index (Phi) is 10.8. The van der Waals surface area contributed by atoms with Gasteiger partial charge in [0.15, 0.2) is 5.96 Å². The maximum Gasteiger partial charge on any atom is 0.191 e. The molecule has 1 saturated heterocycles. The standard InChI is InChI=1S/C19H30ClN3O2.HI/c1-19(2,16-7-4-5-8-17(16)20)14-23-18(21-3)22-10-6-11-25-15-9-12-24-13-15;/h4-5,7-8,15H,6,9-14H2,1-3H3,(H2,21,22,23);1H. The van der Waals surface area contributed by atoms with Crippen LogP contribution in [0, 0.1) is 0 Å². The van der Waals surface area contributed by atoms with Crippen molar-refractivity contribution >= 4 is 41.5 Å². The predicted octanol–water partition coefficient (Wildman–Crippen LogP) is 3.60. The average Bonchev–Trinajstić information content (AvgIpc) is 3.11. The minimum Gasteiger partial charge on any atom is -0.379 e. The molecule has 1 aromatic carbocycles. The van der Waals surface area contributed by atoms with Crippen molar-refractivity contribution in [1.82, 2.24) is 10.6 Å². The highest BCUT2D eigenvalue weighted by atomic mass is 127. The first-order valence-electron chi connectivity index (χ1n) is 8.92. The Labute approximate surface area is 179 Å². The van der Waals surface area contributed by atoms with Crippen LogP contribution in [0.3, 0.4) is 0 Å². The molecule has 1 atom stereocenters. The lowest BCUT2D eigenvalue weighted by Crippen LogP contribution is -2.44. The van der Waals surface area contributed by atoms with E-state index in [9.17, 15) is 0 Å². The molecule has 1 aliphatic rings. The number of halogens is 2. The van der Waals surface area contributed by atoms with E-state index >= 15 is 0 Å². The average molecular weight is 496 g/mol. The smallest absolute Gasteiger partial charge is 0.191 e. The van der Waals surface area contributed by atoms with Gasteiger partial charge in [-0.2, -0.15) is 0 Å². The molecule has 148 valence electrons. The maximum absolute atomic E-state index is 6.33. The molecule has 0 radical (unpaired) electrons. The quantitative estimate of drug-likeness (QED) is 0.250. The van der Waals surface area contributed by atoms with Gasteiger partial charge in [-0.05, 0) is 24.5 Å². The van der Waals surface area contributed by atoms with Gasteiger partial charge in [-0.25, -0.2) is 0 Å². The zero-order chi connectivity index (χ0) is 18.1. The van der Waals surface area contributed by atoms with Gasteiger partial charge < -0.3 is 20.1 Å². The van der Waals surface area contributed by atoms with Gasteiger partial charge in [0, 0.05) is 43.8 Å². The first-order valence-corrected chi connectivity index (χ1v) is 9.29. The van der Waals surface area contributed by atoms with Crippen LogP contribution in [0.5, 0.6) is 0 Å². The second-order valence-electron chi connectivity index (χ2n) is 6.93. The van der Waals surface area contributed by atoms with E-state index in [4.69, 9.17) is 21.1 Å². The van der Waals surface area contributed by atoms with E-state index in [2.05, 4.69) is 35.5 Å². The lowest BCUT2D eigenvalue weighted by molar-refractivity contribution is 0.0420. The minimum atomic E-state index is -0.0957. The number of aliphatic imine (C=N–C) groups is 1. The molecule has 1 aliphatic heterocycles. The summed E-state index contributed by atoms with van der Waals surface area (Å²) in [6.45, 7) is 8.20. The third-order valence-corrected chi connectivity index (χ3v) is 4.71. The molecule has 1 aromatic rings. The van der Waals surface area contributed by atoms with E-state index in [-0.39, 0.29) is 35.5 Å². The zero-order valence-corrected chi connectivity index (χ0v) is 19.0. The maximum atomic E-state index is 6.33. The van der Waals surface area contributed by atoms with Gasteiger partial charge >= 0.3 is 0 Å². The van der Waals surface area contributed by atoms with Gasteiger partial charge in [-0.15, -0.1) is 24.0 Å². The van der Waals surface area contributed by atoms with Crippen molar-refractivity contribution in [3.8, 4) is 0 Å². The number of hydrogen-bond donors (Lipinski definition) is 2. The summed E-state index contributed by atoms with van der Waals surface area (Å²) in [7, 11) is 1.78. The Balaban J connectivity index is 0.00000338. The Morgan fingerprint density at radius 1 is 1.35 bits per heavy atom. The number of nitrogens with one attached hydrogen (secondary N) is 2. The summed E-state index contributed by atoms with van der Waals surface area (Å²) < 4.78 is 11.1. The van der Waals surface area contributed by atoms with Crippen LogP contribution >= 0.6 is 35.6 Å². The summed E-state index contributed by atoms with van der Waals surface area (Å²) in [6.07, 6.45) is 2.22. The van der Waals surface area contributed by atoms with Crippen molar-refractivity contribution in [2.24, 2.45) is 4.99 Å². The molecule has 2 N–H and O–H groups in total. The molecule has 5 nitrogen and oxygen atoms in total. The monoisotopic (exact) mass is 495 g/mol. The minimum absolute atomic E-state index is 0. The van der Waals surface area contributed by atoms with E-state index in [1.165, 1.54) is 0 Å². The van der Waals surface area contributed by atoms with Crippen molar-refractivity contribution in [2.75, 3.05) is 40.0 Å². The fraction of sp³-hybridized carbons (Fsp3) is 0.632. The van der Waals surface area contributed by atoms with Gasteiger partial charge in [0.05, 0.1) is 12.7 Å². The Bertz CT molecular complexity index is 563. The van der Waals surface area contributed by atoms with Crippen molar-refractivity contribution in [2.45, 2.75) is 38.2 Å². The van der Waals surface area contributed by atoms with Gasteiger partial charge in [0.2, 0.25) is 0 Å². The van der Waals surface area contributed by atoms with Gasteiger partial charge in [0.25, 0.3) is 0 Å². The molecule has 0 amide bonds. The third-order valence-electron chi connectivity index (χ3n) is 4.38. The zero-order valence-electron chi connectivity index (χ0n) is 15.9. The SMILES string of the molecule is CN=C(NCCCOC1CCOC1)NCC(C)(C)c1ccccc1Cl.I. The first-order chi connectivity index (χ1) is 12.0. The van der Waals surface area contributed by atoms with Crippen molar-refractivity contribution in [1.29, 1.82) is 0 Å². The van der Waals surface area contributed by atoms with E-state index < -0.39 is 0 Å². The van der Waals surface area contributed by atoms with Gasteiger partial charge in [-0.1, -0.05) is 43.6 Å². The largest absolute Gasteiger partial charge is 0.379 e. The van der Waals surface area contributed by atoms with Crippen LogP contribution < -0.4 is 10.6 Å². The predicted molar refractivity (Wildman–Crippen MR) is 119 cm³/mol. The van der Waals surface area contributed by atoms with Crippen LogP contribution in [-0.4, -0.2) is 52.0 Å². The fourth-order valence-corrected chi connectivity index (χ4v) is 3.20. The van der Waals surface area contributed by atoms with Gasteiger partial charge in [-0.3, -0.25) is 4.99 Å². The summed E-state index contributed by atoms with van der Waals surface area (Å²) in [6, 6.07) is 7.98. The molecule has 26 heavy (non-hydrogen) atoms. The number of benzene rings is 1. The van der Waals surface area contributed by atoms with Crippen molar-refractivity contribution < 1.29 is 9.47 Å². The van der Waals surface area contributed by atoms with Crippen LogP contribution in [0.25, 0.3) is 0 Å². The Morgan fingerprint density at radius 2 is 2.12 bits per heavy atom. The lowest BCUT2D eigenvalue weighted by atomic mass is 9.84. The molecule has 1 unspecified atom stereocenters. The Hall–Kier alpha value is -0.570. The van der Waals surface area contributed by atoms with Crippen molar-refractivity contribution in [3.05, 3.63) is 34.9 Å². The second kappa shape index (κ2) is 12.0. The molecule has 1 fully saturated rings. The highest BCUT2D eigenvalue weighted by Crippen LogP contribution is 2.28. The number of guanidine groups is 1. The molecule has 0 saturated carbocycles. The molecule has 0 aromatic heterocycles. The van der Waals surface area contributed by atoms with Crippen LogP contribution in [0.2, 0.25) is 5.02 Å². The number of nitrogens with zero attached hydrogens (tertiary/aromatic N) is 1. The second-order valence-corrected chi connectivity index (χ2v) is 7.33. The van der Waals surface area contributed by atoms with E-state index in [0.29, 0.717) is 0 Å². The van der Waals surface area contributed by atoms with Crippen LogP contribution in [0.15, 0.2) is 29.3 Å². The lowest BCUT2D eigenvalue weighted by Gasteiger charge is -2.27. The molecule has 0 spiro atoms. The van der Waals surface area contributed by atoms with E-state index in [0.717, 1.165) is 62.3 Å². The van der Waals surface area contributed by atoms with Crippen LogP contribution in [0.4, 0.5) is 0 Å². The molecular formula is C19H31ClIN3O2. The normalized spacial score (nSPS) is 17.7. The first kappa shape index (κ1) is 23.5. The summed E-state index contributed by atoms with van der Waals surface area (Å²) >= 11 is 6.33. The number of ether oxygens (including phenoxy) is 2. The molecule has 0 bridgehead atoms. The molecule has 0 aliphatic carbocycles. The number of hydrogen-bond acceptors (Lipinski definition) is 3. The highest BCUT2D eigenvalue weighted by Gasteiger charge is 2.23. The van der Waals surface area contributed by atoms with Crippen molar-refractivity contribution in [3.63, 3.8) is 0 Å². The third kappa shape index (κ3) is 7.58. The summed E-state index contributed by atoms with van der Waals surface area (Å²) in [5, 5.41) is 7.51. The summed E-state index contributed by atoms with van der Waals surface area (Å²) in [5.74, 6) is 0.796. The summed E-state index contributed by atoms with van der Waals surface area (Å²) in [5.41, 5.74) is 1.04. The van der Waals surface area contributed by atoms with Gasteiger partial charge in [0.1, 0.15) is 0 Å². The van der Waals surface area contributed by atoms with Crippen LogP contribution in [0.1, 0.15) is 32.3 Å². The highest BCUT2D eigenvalue weighted by molar-refractivity contribution is 14.0. The molecule has 2 rings (SSSR count). The number of rotatable bonds is 8. The topological polar surface area (TPSA) is 54.9 Å². The van der Waals surface area contributed by atoms with Crippen LogP contribution in [-0.2, 0) is 14.9 Å². The molecule has 1 heterocycles.